The van der Waals surface area contributed by atoms with Gasteiger partial charge in [0, 0.05) is 13.2 Å². The Hall–Kier alpha value is -1.40. The van der Waals surface area contributed by atoms with Gasteiger partial charge in [-0.25, -0.2) is 4.98 Å². The lowest BCUT2D eigenvalue weighted by Gasteiger charge is -2.08. The molecule has 0 aliphatic rings. The van der Waals surface area contributed by atoms with Gasteiger partial charge in [-0.05, 0) is 28.9 Å². The molecule has 0 saturated carbocycles. The van der Waals surface area contributed by atoms with E-state index in [4.69, 9.17) is 9.47 Å². The molecule has 1 heterocycles. The van der Waals surface area contributed by atoms with Gasteiger partial charge in [0.15, 0.2) is 0 Å². The average molecular weight is 313 g/mol. The predicted octanol–water partition coefficient (Wildman–Crippen LogP) is 2.02. The number of aryl methyl sites for hydroxylation is 1. The summed E-state index contributed by atoms with van der Waals surface area (Å²) in [7, 11) is 1.61. The number of fused-ring (bicyclic) bond motifs is 1. The molecule has 2 rings (SSSR count). The van der Waals surface area contributed by atoms with Crippen LogP contribution in [0.3, 0.4) is 0 Å². The summed E-state index contributed by atoms with van der Waals surface area (Å²) in [5.41, 5.74) is 0.466. The van der Waals surface area contributed by atoms with Gasteiger partial charge in [-0.15, -0.1) is 0 Å². The number of benzene rings is 1. The van der Waals surface area contributed by atoms with Crippen LogP contribution in [0.25, 0.3) is 10.9 Å². The number of methoxy groups -OCH3 is 1. The van der Waals surface area contributed by atoms with Gasteiger partial charge in [0.25, 0.3) is 5.56 Å². The molecule has 0 aliphatic heterocycles. The van der Waals surface area contributed by atoms with Crippen LogP contribution in [0, 0.1) is 6.92 Å². The van der Waals surface area contributed by atoms with Gasteiger partial charge in [-0.3, -0.25) is 4.79 Å². The molecule has 18 heavy (non-hydrogen) atoms. The molecule has 0 radical (unpaired) electrons. The van der Waals surface area contributed by atoms with Crippen molar-refractivity contribution in [3.05, 3.63) is 32.8 Å². The third-order valence-corrected chi connectivity index (χ3v) is 3.04. The largest absolute Gasteiger partial charge is 0.490 e. The van der Waals surface area contributed by atoms with E-state index in [1.165, 1.54) is 0 Å². The molecule has 0 saturated heterocycles. The van der Waals surface area contributed by atoms with Crippen LogP contribution in [0.15, 0.2) is 21.4 Å². The fourth-order valence-electron chi connectivity index (χ4n) is 1.60. The number of ether oxygens (including phenoxy) is 2. The number of hydrogen-bond acceptors (Lipinski definition) is 4. The minimum atomic E-state index is -0.151. The Bertz CT molecular complexity index is 624. The van der Waals surface area contributed by atoms with Gasteiger partial charge in [-0.2, -0.15) is 0 Å². The monoisotopic (exact) mass is 312 g/mol. The minimum absolute atomic E-state index is 0.151. The van der Waals surface area contributed by atoms with E-state index in [-0.39, 0.29) is 5.56 Å². The highest BCUT2D eigenvalue weighted by molar-refractivity contribution is 9.10. The van der Waals surface area contributed by atoms with Crippen molar-refractivity contribution in [2.75, 3.05) is 20.3 Å². The molecule has 0 unspecified atom stereocenters. The van der Waals surface area contributed by atoms with Crippen molar-refractivity contribution >= 4 is 26.8 Å². The molecule has 2 aromatic rings. The van der Waals surface area contributed by atoms with E-state index in [0.29, 0.717) is 35.7 Å². The second kappa shape index (κ2) is 5.49. The van der Waals surface area contributed by atoms with Gasteiger partial charge in [0.1, 0.15) is 18.2 Å². The number of nitrogens with one attached hydrogen (secondary N) is 1. The Labute approximate surface area is 112 Å². The van der Waals surface area contributed by atoms with Crippen LogP contribution >= 0.6 is 15.9 Å². The number of aromatic nitrogens is 2. The first-order valence-electron chi connectivity index (χ1n) is 5.43. The van der Waals surface area contributed by atoms with E-state index < -0.39 is 0 Å². The first-order chi connectivity index (χ1) is 8.61. The van der Waals surface area contributed by atoms with Crippen molar-refractivity contribution in [3.8, 4) is 5.75 Å². The van der Waals surface area contributed by atoms with Crippen LogP contribution in [-0.4, -0.2) is 30.3 Å². The third kappa shape index (κ3) is 2.70. The summed E-state index contributed by atoms with van der Waals surface area (Å²) in [6.45, 7) is 2.70. The van der Waals surface area contributed by atoms with Gasteiger partial charge >= 0.3 is 0 Å². The summed E-state index contributed by atoms with van der Waals surface area (Å²) in [6, 6.07) is 3.46. The van der Waals surface area contributed by atoms with E-state index in [9.17, 15) is 4.79 Å². The molecule has 0 atom stereocenters. The van der Waals surface area contributed by atoms with Crippen molar-refractivity contribution in [3.63, 3.8) is 0 Å². The number of nitrogens with zero attached hydrogens (tertiary/aromatic N) is 1. The molecule has 1 aromatic carbocycles. The van der Waals surface area contributed by atoms with Crippen LogP contribution < -0.4 is 10.3 Å². The Morgan fingerprint density at radius 2 is 2.17 bits per heavy atom. The van der Waals surface area contributed by atoms with Crippen molar-refractivity contribution in [1.29, 1.82) is 0 Å². The second-order valence-corrected chi connectivity index (χ2v) is 4.65. The van der Waals surface area contributed by atoms with E-state index >= 15 is 0 Å². The Kier molecular flexibility index (Phi) is 3.98. The zero-order valence-corrected chi connectivity index (χ0v) is 11.7. The molecule has 5 nitrogen and oxygen atoms in total. The summed E-state index contributed by atoms with van der Waals surface area (Å²) >= 11 is 3.38. The summed E-state index contributed by atoms with van der Waals surface area (Å²) in [6.07, 6.45) is 0. The fraction of sp³-hybridized carbons (Fsp3) is 0.333. The Morgan fingerprint density at radius 1 is 1.39 bits per heavy atom. The number of hydrogen-bond donors (Lipinski definition) is 1. The van der Waals surface area contributed by atoms with Crippen LogP contribution in [-0.2, 0) is 4.74 Å². The fourth-order valence-corrected chi connectivity index (χ4v) is 2.06. The van der Waals surface area contributed by atoms with Crippen molar-refractivity contribution < 1.29 is 9.47 Å². The van der Waals surface area contributed by atoms with Gasteiger partial charge in [-0.1, -0.05) is 0 Å². The molecular weight excluding hydrogens is 300 g/mol. The molecule has 1 aromatic heterocycles. The standard InChI is InChI=1S/C12H13BrN2O3/c1-7-14-10-6-11(18-4-3-17-2)9(13)5-8(10)12(16)15-7/h5-6H,3-4H2,1-2H3,(H,14,15,16). The average Bonchev–Trinajstić information content (AvgIpc) is 2.31. The van der Waals surface area contributed by atoms with Gasteiger partial charge < -0.3 is 14.5 Å². The summed E-state index contributed by atoms with van der Waals surface area (Å²) in [4.78, 5) is 18.7. The van der Waals surface area contributed by atoms with Crippen LogP contribution in [0.1, 0.15) is 5.82 Å². The molecule has 1 N–H and O–H groups in total. The highest BCUT2D eigenvalue weighted by atomic mass is 79.9. The first-order valence-corrected chi connectivity index (χ1v) is 6.23. The zero-order chi connectivity index (χ0) is 13.1. The summed E-state index contributed by atoms with van der Waals surface area (Å²) in [5.74, 6) is 1.23. The second-order valence-electron chi connectivity index (χ2n) is 3.79. The smallest absolute Gasteiger partial charge is 0.258 e. The lowest BCUT2D eigenvalue weighted by atomic mass is 10.2. The van der Waals surface area contributed by atoms with E-state index in [1.54, 1.807) is 26.2 Å². The van der Waals surface area contributed by atoms with Crippen molar-refractivity contribution in [2.45, 2.75) is 6.92 Å². The number of rotatable bonds is 4. The molecule has 0 aliphatic carbocycles. The van der Waals surface area contributed by atoms with Crippen molar-refractivity contribution in [1.82, 2.24) is 9.97 Å². The lowest BCUT2D eigenvalue weighted by Crippen LogP contribution is -2.10. The normalized spacial score (nSPS) is 10.8. The molecule has 6 heteroatoms. The molecule has 0 bridgehead atoms. The topological polar surface area (TPSA) is 64.2 Å². The lowest BCUT2D eigenvalue weighted by molar-refractivity contribution is 0.146. The maximum atomic E-state index is 11.7. The van der Waals surface area contributed by atoms with E-state index in [0.717, 1.165) is 4.47 Å². The molecular formula is C12H13BrN2O3. The molecule has 0 fully saturated rings. The maximum absolute atomic E-state index is 11.7. The zero-order valence-electron chi connectivity index (χ0n) is 10.1. The van der Waals surface area contributed by atoms with Gasteiger partial charge in [0.2, 0.25) is 0 Å². The van der Waals surface area contributed by atoms with Crippen LogP contribution in [0.4, 0.5) is 0 Å². The van der Waals surface area contributed by atoms with E-state index in [1.807, 2.05) is 0 Å². The van der Waals surface area contributed by atoms with Crippen LogP contribution in [0.5, 0.6) is 5.75 Å². The first kappa shape index (κ1) is 13.0. The van der Waals surface area contributed by atoms with Crippen molar-refractivity contribution in [2.24, 2.45) is 0 Å². The third-order valence-electron chi connectivity index (χ3n) is 2.42. The quantitative estimate of drug-likeness (QED) is 0.877. The van der Waals surface area contributed by atoms with Crippen LogP contribution in [0.2, 0.25) is 0 Å². The minimum Gasteiger partial charge on any atom is -0.490 e. The SMILES string of the molecule is COCCOc1cc2nc(C)[nH]c(=O)c2cc1Br. The molecule has 96 valence electrons. The molecule has 0 spiro atoms. The number of H-pyrrole nitrogens is 1. The molecule has 0 amide bonds. The maximum Gasteiger partial charge on any atom is 0.258 e. The number of aromatic amines is 1. The number of halogens is 1. The Balaban J connectivity index is 2.44. The highest BCUT2D eigenvalue weighted by Gasteiger charge is 2.08. The van der Waals surface area contributed by atoms with Gasteiger partial charge in [0.05, 0.1) is 22.0 Å². The highest BCUT2D eigenvalue weighted by Crippen LogP contribution is 2.28. The summed E-state index contributed by atoms with van der Waals surface area (Å²) < 4.78 is 11.2. The van der Waals surface area contributed by atoms with E-state index in [2.05, 4.69) is 25.9 Å². The predicted molar refractivity (Wildman–Crippen MR) is 72.2 cm³/mol. The Morgan fingerprint density at radius 3 is 2.89 bits per heavy atom. The summed E-state index contributed by atoms with van der Waals surface area (Å²) in [5, 5.41) is 0.534.